The molecular weight excluding hydrogens is 1000 g/mol. The van der Waals surface area contributed by atoms with Gasteiger partial charge >= 0.3 is 18.2 Å². The summed E-state index contributed by atoms with van der Waals surface area (Å²) in [6, 6.07) is 29.5. The summed E-state index contributed by atoms with van der Waals surface area (Å²) in [5, 5.41) is 41.9. The van der Waals surface area contributed by atoms with Crippen LogP contribution in [0.5, 0.6) is 11.5 Å². The van der Waals surface area contributed by atoms with Crippen molar-refractivity contribution < 1.29 is 82.3 Å². The minimum Gasteiger partial charge on any atom is -0.479 e. The summed E-state index contributed by atoms with van der Waals surface area (Å²) >= 11 is 0. The fourth-order valence-electron chi connectivity index (χ4n) is 8.29. The van der Waals surface area contributed by atoms with Crippen LogP contribution in [0.4, 0.5) is 21.0 Å². The number of carboxylic acid groups (broad SMARTS) is 1. The van der Waals surface area contributed by atoms with Crippen LogP contribution in [-0.4, -0.2) is 143 Å². The Kier molecular flexibility index (Phi) is 23.9. The molecule has 4 aromatic rings. The third kappa shape index (κ3) is 18.1. The summed E-state index contributed by atoms with van der Waals surface area (Å²) in [6.45, 7) is 14.5. The number of benzene rings is 4. The molecule has 2 aliphatic heterocycles. The van der Waals surface area contributed by atoms with E-state index in [1.165, 1.54) is 40.5 Å². The van der Waals surface area contributed by atoms with Crippen LogP contribution in [0.1, 0.15) is 70.7 Å². The van der Waals surface area contributed by atoms with Crippen molar-refractivity contribution in [3.63, 3.8) is 0 Å². The molecule has 0 bridgehead atoms. The Hall–Kier alpha value is -6.85. The number of nitrogens with two attached hydrogens (primary N) is 1. The molecular formula is C56H74N4O17. The van der Waals surface area contributed by atoms with Crippen molar-refractivity contribution in [2.45, 2.75) is 118 Å². The van der Waals surface area contributed by atoms with Gasteiger partial charge in [0.2, 0.25) is 18.5 Å². The molecule has 77 heavy (non-hydrogen) atoms. The lowest BCUT2D eigenvalue weighted by molar-refractivity contribution is -0.271. The number of nitrogens with one attached hydrogen (secondary N) is 1. The van der Waals surface area contributed by atoms with Gasteiger partial charge in [0.05, 0.1) is 24.6 Å². The topological polar surface area (TPSA) is 285 Å². The number of amides is 3. The number of carboxylic acids is 1. The molecule has 420 valence electrons. The molecule has 2 aliphatic rings. The Morgan fingerprint density at radius 1 is 0.597 bits per heavy atom. The van der Waals surface area contributed by atoms with Crippen molar-refractivity contribution in [3.05, 3.63) is 119 Å². The first-order valence-corrected chi connectivity index (χ1v) is 25.6. The minimum absolute atomic E-state index is 0.00676. The standard InChI is InChI=1S/C29H40N2O6.C27H34N2O11/c1-6-31(18-34-15-14-23-10-8-7-9-11-23)29(33)35-17-24-12-13-26(25(30)16-24)36-28-21(4)19(2)20(3)27(37-28)22(5)32;1-3-29(15-37-12-11-17-7-5-4-6-8-17)27(36)38-14-18-9-10-20(19(13-18)28-16(2)30)39-26-23(33)21(31)22(32)24(40-26)25(34)35/h7-13,16,19-21,27-28H,6,14-15,17-18,30H2,1-5H3;4-10,13,21-24,26,31-33H,3,11-12,14-15H2,1-2H3,(H,28,30)(H,34,35)/t19-,20?,21-,27?,28?;21-,22?,23-,24?,26?/m00/s1. The number of hydrogen-bond donors (Lipinski definition) is 6. The van der Waals surface area contributed by atoms with Crippen LogP contribution in [0.15, 0.2) is 97.1 Å². The molecule has 7 N–H and O–H groups in total. The largest absolute Gasteiger partial charge is 0.479 e. The average molecular weight is 1080 g/mol. The molecule has 2 heterocycles. The first-order chi connectivity index (χ1) is 36.8. The van der Waals surface area contributed by atoms with Gasteiger partial charge < -0.3 is 69.4 Å². The van der Waals surface area contributed by atoms with Gasteiger partial charge in [0, 0.05) is 25.9 Å². The van der Waals surface area contributed by atoms with E-state index in [0.717, 1.165) is 17.5 Å². The molecule has 4 aromatic carbocycles. The fourth-order valence-corrected chi connectivity index (χ4v) is 8.29. The van der Waals surface area contributed by atoms with Gasteiger partial charge in [0.15, 0.2) is 11.9 Å². The lowest BCUT2D eigenvalue weighted by Crippen LogP contribution is -2.61. The smallest absolute Gasteiger partial charge is 0.411 e. The van der Waals surface area contributed by atoms with Crippen LogP contribution >= 0.6 is 0 Å². The molecule has 0 spiro atoms. The lowest BCUT2D eigenvalue weighted by atomic mass is 9.78. The molecule has 3 amide bonds. The van der Waals surface area contributed by atoms with E-state index in [2.05, 4.69) is 19.2 Å². The highest BCUT2D eigenvalue weighted by Gasteiger charge is 2.48. The van der Waals surface area contributed by atoms with E-state index in [1.807, 2.05) is 74.5 Å². The number of aliphatic hydroxyl groups excluding tert-OH is 3. The van der Waals surface area contributed by atoms with Gasteiger partial charge in [-0.2, -0.15) is 0 Å². The zero-order chi connectivity index (χ0) is 56.2. The van der Waals surface area contributed by atoms with E-state index >= 15 is 0 Å². The van der Waals surface area contributed by atoms with Crippen LogP contribution in [-0.2, 0) is 68.9 Å². The number of hydrogen-bond acceptors (Lipinski definition) is 17. The van der Waals surface area contributed by atoms with Gasteiger partial charge in [-0.05, 0) is 92.0 Å². The van der Waals surface area contributed by atoms with E-state index in [1.54, 1.807) is 32.0 Å². The number of ketones is 1. The number of carbonyl (C=O) groups excluding carboxylic acids is 4. The number of nitrogen functional groups attached to an aromatic ring is 1. The van der Waals surface area contributed by atoms with Crippen molar-refractivity contribution in [3.8, 4) is 11.5 Å². The molecule has 0 aromatic heterocycles. The molecule has 0 saturated carbocycles. The van der Waals surface area contributed by atoms with E-state index in [9.17, 15) is 44.4 Å². The monoisotopic (exact) mass is 1070 g/mol. The van der Waals surface area contributed by atoms with Crippen molar-refractivity contribution in [2.75, 3.05) is 50.8 Å². The molecule has 21 heteroatoms. The zero-order valence-electron chi connectivity index (χ0n) is 44.7. The van der Waals surface area contributed by atoms with Crippen LogP contribution in [0.25, 0.3) is 0 Å². The first kappa shape index (κ1) is 61.0. The molecule has 21 nitrogen and oxygen atoms in total. The fraction of sp³-hybridized carbons (Fsp3) is 0.482. The summed E-state index contributed by atoms with van der Waals surface area (Å²) in [6.07, 6.45) is -9.70. The summed E-state index contributed by atoms with van der Waals surface area (Å²) < 4.78 is 45.0. The zero-order valence-corrected chi connectivity index (χ0v) is 44.7. The van der Waals surface area contributed by atoms with Crippen LogP contribution in [0.2, 0.25) is 0 Å². The predicted octanol–water partition coefficient (Wildman–Crippen LogP) is 6.14. The lowest BCUT2D eigenvalue weighted by Gasteiger charge is -2.42. The van der Waals surface area contributed by atoms with Crippen LogP contribution < -0.4 is 20.5 Å². The summed E-state index contributed by atoms with van der Waals surface area (Å²) in [7, 11) is 0. The number of carbonyl (C=O) groups is 5. The SMILES string of the molecule is CCN(COCCc1ccccc1)C(=O)OCc1ccc(OC2OC(C(=O)O)C(O)[C@H](O)[C@@H]2O)c(NC(C)=O)c1.CCN(COCCc1ccccc1)C(=O)OCc1ccc(OC2OC(C(C)=O)C(C)[C@H](C)[C@@H]2C)c(N)c1. The molecule has 6 rings (SSSR count). The van der Waals surface area contributed by atoms with Crippen molar-refractivity contribution in [1.29, 1.82) is 0 Å². The van der Waals surface area contributed by atoms with Gasteiger partial charge in [0.1, 0.15) is 62.6 Å². The molecule has 6 unspecified atom stereocenters. The molecule has 0 radical (unpaired) electrons. The number of nitrogens with zero attached hydrogens (tertiary/aromatic N) is 2. The molecule has 2 saturated heterocycles. The van der Waals surface area contributed by atoms with E-state index in [0.29, 0.717) is 49.7 Å². The Morgan fingerprint density at radius 2 is 1.09 bits per heavy atom. The second-order valence-corrected chi connectivity index (χ2v) is 18.8. The highest BCUT2D eigenvalue weighted by molar-refractivity contribution is 5.90. The third-order valence-corrected chi connectivity index (χ3v) is 13.2. The number of Topliss-reactive ketones (excluding diaryl/α,β-unsaturated/α-hetero) is 1. The van der Waals surface area contributed by atoms with Gasteiger partial charge in [-0.1, -0.05) is 93.6 Å². The number of aliphatic carboxylic acids is 1. The van der Waals surface area contributed by atoms with Gasteiger partial charge in [-0.3, -0.25) is 19.4 Å². The van der Waals surface area contributed by atoms with Gasteiger partial charge in [-0.15, -0.1) is 0 Å². The van der Waals surface area contributed by atoms with Crippen molar-refractivity contribution in [2.24, 2.45) is 17.8 Å². The normalized spacial score (nSPS) is 22.8. The quantitative estimate of drug-likeness (QED) is 0.0276. The van der Waals surface area contributed by atoms with E-state index in [4.69, 9.17) is 43.6 Å². The Bertz CT molecular complexity index is 2520. The second kappa shape index (κ2) is 30.2. The van der Waals surface area contributed by atoms with Crippen LogP contribution in [0.3, 0.4) is 0 Å². The molecule has 10 atom stereocenters. The number of aliphatic hydroxyl groups is 3. The molecule has 0 aliphatic carbocycles. The Balaban J connectivity index is 0.000000285. The van der Waals surface area contributed by atoms with E-state index < -0.39 is 67.2 Å². The van der Waals surface area contributed by atoms with Gasteiger partial charge in [-0.25, -0.2) is 14.4 Å². The summed E-state index contributed by atoms with van der Waals surface area (Å²) in [5.74, 6) is -1.15. The number of ether oxygens (including phenoxy) is 8. The highest BCUT2D eigenvalue weighted by atomic mass is 16.7. The second-order valence-electron chi connectivity index (χ2n) is 18.8. The highest BCUT2D eigenvalue weighted by Crippen LogP contribution is 2.38. The number of anilines is 2. The number of rotatable bonds is 23. The maximum Gasteiger partial charge on any atom is 0.411 e. The van der Waals surface area contributed by atoms with Gasteiger partial charge in [0.25, 0.3) is 0 Å². The molecule has 2 fully saturated rings. The van der Waals surface area contributed by atoms with Crippen molar-refractivity contribution >= 4 is 41.2 Å². The Morgan fingerprint density at radius 3 is 1.57 bits per heavy atom. The first-order valence-electron chi connectivity index (χ1n) is 25.6. The third-order valence-electron chi connectivity index (χ3n) is 13.2. The summed E-state index contributed by atoms with van der Waals surface area (Å²) in [4.78, 5) is 63.2. The Labute approximate surface area is 449 Å². The maximum atomic E-state index is 12.6. The average Bonchev–Trinajstić information content (AvgIpc) is 3.41. The summed E-state index contributed by atoms with van der Waals surface area (Å²) in [5.41, 5.74) is 10.3. The van der Waals surface area contributed by atoms with E-state index in [-0.39, 0.29) is 61.6 Å². The maximum absolute atomic E-state index is 12.6. The predicted molar refractivity (Wildman–Crippen MR) is 281 cm³/mol. The van der Waals surface area contributed by atoms with Crippen molar-refractivity contribution in [1.82, 2.24) is 9.80 Å². The minimum atomic E-state index is -1.88. The van der Waals surface area contributed by atoms with Crippen LogP contribution in [0, 0.1) is 17.8 Å².